The Morgan fingerprint density at radius 2 is 2.00 bits per heavy atom. The van der Waals surface area contributed by atoms with Gasteiger partial charge in [-0.15, -0.1) is 23.1 Å². The first kappa shape index (κ1) is 16.9. The molecule has 124 valence electrons. The van der Waals surface area contributed by atoms with Crippen LogP contribution < -0.4 is 4.74 Å². The minimum Gasteiger partial charge on any atom is -0.494 e. The number of benzene rings is 2. The smallest absolute Gasteiger partial charge is 0.347 e. The number of carboxylic acids is 1. The summed E-state index contributed by atoms with van der Waals surface area (Å²) in [6.07, 6.45) is 0.910. The molecule has 0 atom stereocenters. The first-order chi connectivity index (χ1) is 11.7. The number of hydrogen-bond donors (Lipinski definition) is 1. The molecule has 3 aromatic rings. The molecule has 0 radical (unpaired) electrons. The Balaban J connectivity index is 1.87. The van der Waals surface area contributed by atoms with Gasteiger partial charge in [-0.05, 0) is 37.1 Å². The van der Waals surface area contributed by atoms with Gasteiger partial charge in [-0.3, -0.25) is 0 Å². The van der Waals surface area contributed by atoms with E-state index in [4.69, 9.17) is 4.74 Å². The van der Waals surface area contributed by atoms with Gasteiger partial charge in [0.05, 0.1) is 6.61 Å². The lowest BCUT2D eigenvalue weighted by molar-refractivity contribution is 0.0699. The molecule has 0 saturated heterocycles. The highest BCUT2D eigenvalue weighted by Gasteiger charge is 2.18. The van der Waals surface area contributed by atoms with Crippen LogP contribution in [0.15, 0.2) is 53.4 Å². The van der Waals surface area contributed by atoms with E-state index >= 15 is 0 Å². The normalized spacial score (nSPS) is 10.9. The Morgan fingerprint density at radius 3 is 2.71 bits per heavy atom. The minimum atomic E-state index is -0.864. The average molecular weight is 358 g/mol. The summed E-state index contributed by atoms with van der Waals surface area (Å²) in [5, 5.41) is 10.5. The third-order valence-corrected chi connectivity index (χ3v) is 6.01. The lowest BCUT2D eigenvalue weighted by Gasteiger charge is -2.05. The molecule has 1 N–H and O–H groups in total. The van der Waals surface area contributed by atoms with Gasteiger partial charge in [0.15, 0.2) is 0 Å². The Morgan fingerprint density at radius 1 is 1.21 bits per heavy atom. The number of ether oxygens (including phenoxy) is 1. The van der Waals surface area contributed by atoms with E-state index in [1.165, 1.54) is 16.9 Å². The molecule has 0 amide bonds. The predicted octanol–water partition coefficient (Wildman–Crippen LogP) is 5.33. The summed E-state index contributed by atoms with van der Waals surface area (Å²) in [6.45, 7) is 2.54. The Hall–Kier alpha value is -1.98. The maximum absolute atomic E-state index is 11.6. The summed E-state index contributed by atoms with van der Waals surface area (Å²) in [5.74, 6) is 0.760. The monoisotopic (exact) mass is 358 g/mol. The van der Waals surface area contributed by atoms with Crippen LogP contribution in [0.25, 0.3) is 10.1 Å². The molecule has 0 bridgehead atoms. The van der Waals surface area contributed by atoms with Gasteiger partial charge in [-0.2, -0.15) is 0 Å². The molecular formula is C19H18O3S2. The molecule has 0 fully saturated rings. The van der Waals surface area contributed by atoms with Crippen molar-refractivity contribution in [3.63, 3.8) is 0 Å². The fraction of sp³-hybridized carbons (Fsp3) is 0.211. The second-order valence-corrected chi connectivity index (χ2v) is 7.40. The van der Waals surface area contributed by atoms with Crippen LogP contribution in [-0.2, 0) is 6.42 Å². The van der Waals surface area contributed by atoms with E-state index in [0.717, 1.165) is 32.9 Å². The first-order valence-electron chi connectivity index (χ1n) is 7.78. The number of aryl methyl sites for hydroxylation is 1. The Labute approximate surface area is 149 Å². The van der Waals surface area contributed by atoms with Crippen LogP contribution in [0.5, 0.6) is 5.75 Å². The molecule has 0 aliphatic carbocycles. The van der Waals surface area contributed by atoms with E-state index in [1.54, 1.807) is 11.8 Å². The number of aromatic carboxylic acids is 1. The number of thioether (sulfide) groups is 1. The lowest BCUT2D eigenvalue weighted by Crippen LogP contribution is -1.95. The topological polar surface area (TPSA) is 46.5 Å². The van der Waals surface area contributed by atoms with Crippen LogP contribution in [0, 0.1) is 0 Å². The standard InChI is InChI=1S/C19H18O3S2/c1-2-22-14-8-9-16-15(12-14)17(18(24-16)19(20)21)23-11-10-13-6-4-3-5-7-13/h3-9,12H,2,10-11H2,1H3,(H,20,21). The van der Waals surface area contributed by atoms with E-state index < -0.39 is 5.97 Å². The zero-order valence-electron chi connectivity index (χ0n) is 13.3. The van der Waals surface area contributed by atoms with Crippen LogP contribution in [-0.4, -0.2) is 23.4 Å². The highest BCUT2D eigenvalue weighted by molar-refractivity contribution is 7.99. The van der Waals surface area contributed by atoms with Crippen molar-refractivity contribution >= 4 is 39.2 Å². The van der Waals surface area contributed by atoms with Crippen LogP contribution >= 0.6 is 23.1 Å². The molecule has 0 aliphatic rings. The van der Waals surface area contributed by atoms with Gasteiger partial charge in [0.1, 0.15) is 10.6 Å². The molecule has 1 aromatic heterocycles. The van der Waals surface area contributed by atoms with Gasteiger partial charge >= 0.3 is 5.97 Å². The van der Waals surface area contributed by atoms with Crippen molar-refractivity contribution in [1.82, 2.24) is 0 Å². The SMILES string of the molecule is CCOc1ccc2sc(C(=O)O)c(SCCc3ccccc3)c2c1. The summed E-state index contributed by atoms with van der Waals surface area (Å²) >= 11 is 2.94. The zero-order valence-corrected chi connectivity index (χ0v) is 15.0. The number of hydrogen-bond acceptors (Lipinski definition) is 4. The van der Waals surface area contributed by atoms with E-state index in [2.05, 4.69) is 12.1 Å². The Bertz CT molecular complexity index is 840. The largest absolute Gasteiger partial charge is 0.494 e. The van der Waals surface area contributed by atoms with Gasteiger partial charge in [0, 0.05) is 20.7 Å². The average Bonchev–Trinajstić information content (AvgIpc) is 2.95. The number of carbonyl (C=O) groups is 1. The molecule has 24 heavy (non-hydrogen) atoms. The summed E-state index contributed by atoms with van der Waals surface area (Å²) in [5.41, 5.74) is 1.26. The molecule has 5 heteroatoms. The van der Waals surface area contributed by atoms with Crippen molar-refractivity contribution in [2.75, 3.05) is 12.4 Å². The van der Waals surface area contributed by atoms with Crippen molar-refractivity contribution in [2.24, 2.45) is 0 Å². The number of fused-ring (bicyclic) bond motifs is 1. The second-order valence-electron chi connectivity index (χ2n) is 5.24. The fourth-order valence-corrected chi connectivity index (χ4v) is 4.88. The van der Waals surface area contributed by atoms with Crippen molar-refractivity contribution in [1.29, 1.82) is 0 Å². The summed E-state index contributed by atoms with van der Waals surface area (Å²) in [6, 6.07) is 16.0. The van der Waals surface area contributed by atoms with Gasteiger partial charge in [-0.25, -0.2) is 4.79 Å². The molecule has 3 nitrogen and oxygen atoms in total. The number of thiophene rings is 1. The first-order valence-corrected chi connectivity index (χ1v) is 9.58. The van der Waals surface area contributed by atoms with Crippen molar-refractivity contribution in [3.05, 3.63) is 59.0 Å². The van der Waals surface area contributed by atoms with Crippen molar-refractivity contribution < 1.29 is 14.6 Å². The lowest BCUT2D eigenvalue weighted by atomic mass is 10.2. The fourth-order valence-electron chi connectivity index (χ4n) is 2.51. The molecule has 0 unspecified atom stereocenters. The predicted molar refractivity (Wildman–Crippen MR) is 101 cm³/mol. The van der Waals surface area contributed by atoms with Gasteiger partial charge < -0.3 is 9.84 Å². The van der Waals surface area contributed by atoms with Gasteiger partial charge in [0.25, 0.3) is 0 Å². The zero-order chi connectivity index (χ0) is 16.9. The minimum absolute atomic E-state index is 0.414. The van der Waals surface area contributed by atoms with Crippen molar-refractivity contribution in [3.8, 4) is 5.75 Å². The van der Waals surface area contributed by atoms with E-state index in [1.807, 2.05) is 43.3 Å². The molecule has 0 saturated carbocycles. The number of carboxylic acid groups (broad SMARTS) is 1. The summed E-state index contributed by atoms with van der Waals surface area (Å²) in [7, 11) is 0. The highest BCUT2D eigenvalue weighted by atomic mass is 32.2. The second kappa shape index (κ2) is 7.73. The highest BCUT2D eigenvalue weighted by Crippen LogP contribution is 2.40. The Kier molecular flexibility index (Phi) is 5.43. The third kappa shape index (κ3) is 3.74. The molecule has 0 aliphatic heterocycles. The maximum atomic E-state index is 11.6. The van der Waals surface area contributed by atoms with E-state index in [0.29, 0.717) is 11.5 Å². The van der Waals surface area contributed by atoms with Crippen LogP contribution in [0.3, 0.4) is 0 Å². The van der Waals surface area contributed by atoms with Gasteiger partial charge in [-0.1, -0.05) is 30.3 Å². The number of rotatable bonds is 7. The third-order valence-electron chi connectivity index (χ3n) is 3.60. The molecule has 0 spiro atoms. The van der Waals surface area contributed by atoms with Crippen LogP contribution in [0.4, 0.5) is 0 Å². The molecule has 1 heterocycles. The quantitative estimate of drug-likeness (QED) is 0.580. The van der Waals surface area contributed by atoms with Crippen LogP contribution in [0.2, 0.25) is 0 Å². The van der Waals surface area contributed by atoms with Crippen LogP contribution in [0.1, 0.15) is 22.2 Å². The maximum Gasteiger partial charge on any atom is 0.347 e. The van der Waals surface area contributed by atoms with Gasteiger partial charge in [0.2, 0.25) is 0 Å². The summed E-state index contributed by atoms with van der Waals surface area (Å²) in [4.78, 5) is 12.9. The summed E-state index contributed by atoms with van der Waals surface area (Å²) < 4.78 is 6.54. The van der Waals surface area contributed by atoms with Crippen molar-refractivity contribution in [2.45, 2.75) is 18.2 Å². The molecular weight excluding hydrogens is 340 g/mol. The van der Waals surface area contributed by atoms with E-state index in [9.17, 15) is 9.90 Å². The van der Waals surface area contributed by atoms with E-state index in [-0.39, 0.29) is 0 Å². The molecule has 2 aromatic carbocycles. The molecule has 3 rings (SSSR count).